The van der Waals surface area contributed by atoms with Gasteiger partial charge in [0.25, 0.3) is 0 Å². The number of hydrogen-bond acceptors (Lipinski definition) is 4. The third-order valence-electron chi connectivity index (χ3n) is 3.15. The number of carbonyl (C=O) groups excluding carboxylic acids is 1. The fourth-order valence-corrected chi connectivity index (χ4v) is 3.05. The number of thioether (sulfide) groups is 1. The Bertz CT molecular complexity index is 579. The number of nitrogens with zero attached hydrogens (tertiary/aromatic N) is 2. The number of rotatable bonds is 3. The molecule has 2 aromatic rings. The zero-order valence-corrected chi connectivity index (χ0v) is 11.8. The highest BCUT2D eigenvalue weighted by Gasteiger charge is 2.20. The van der Waals surface area contributed by atoms with Crippen LogP contribution < -0.4 is 10.6 Å². The second-order valence-electron chi connectivity index (χ2n) is 4.59. The summed E-state index contributed by atoms with van der Waals surface area (Å²) in [5, 5.41) is 6.20. The number of amides is 1. The van der Waals surface area contributed by atoms with E-state index in [2.05, 4.69) is 15.6 Å². The smallest absolute Gasteiger partial charge is 0.242 e. The van der Waals surface area contributed by atoms with Crippen molar-refractivity contribution in [2.45, 2.75) is 6.04 Å². The van der Waals surface area contributed by atoms with Crippen molar-refractivity contribution in [1.82, 2.24) is 14.9 Å². The van der Waals surface area contributed by atoms with E-state index in [9.17, 15) is 4.79 Å². The number of benzene rings is 1. The molecule has 0 saturated carbocycles. The average molecular weight is 288 g/mol. The zero-order valence-electron chi connectivity index (χ0n) is 11.0. The molecule has 0 spiro atoms. The molecule has 0 aliphatic carbocycles. The summed E-state index contributed by atoms with van der Waals surface area (Å²) < 4.78 is 1.91. The van der Waals surface area contributed by atoms with Gasteiger partial charge in [0.05, 0.1) is 12.4 Å². The maximum absolute atomic E-state index is 12.2. The molecule has 104 valence electrons. The van der Waals surface area contributed by atoms with Gasteiger partial charge in [-0.25, -0.2) is 4.98 Å². The summed E-state index contributed by atoms with van der Waals surface area (Å²) in [6.07, 6.45) is 5.34. The summed E-state index contributed by atoms with van der Waals surface area (Å²) in [6, 6.07) is 7.63. The molecule has 3 rings (SSSR count). The molecule has 2 heterocycles. The van der Waals surface area contributed by atoms with Gasteiger partial charge in [0.2, 0.25) is 5.91 Å². The van der Waals surface area contributed by atoms with Gasteiger partial charge < -0.3 is 15.2 Å². The molecule has 1 aromatic heterocycles. The minimum Gasteiger partial charge on any atom is -0.325 e. The summed E-state index contributed by atoms with van der Waals surface area (Å²) in [6.45, 7) is 0.887. The number of carbonyl (C=O) groups is 1. The van der Waals surface area contributed by atoms with Crippen LogP contribution in [0.5, 0.6) is 0 Å². The number of hydrogen-bond donors (Lipinski definition) is 2. The van der Waals surface area contributed by atoms with E-state index in [-0.39, 0.29) is 11.9 Å². The third kappa shape index (κ3) is 3.02. The second kappa shape index (κ2) is 6.11. The molecule has 1 atom stereocenters. The van der Waals surface area contributed by atoms with Crippen molar-refractivity contribution in [2.24, 2.45) is 0 Å². The van der Waals surface area contributed by atoms with Gasteiger partial charge in [0, 0.05) is 41.8 Å². The SMILES string of the molecule is O=C(Nc1cccc(-n2ccnc2)c1)C1CSCCN1. The molecule has 1 saturated heterocycles. The Morgan fingerprint density at radius 1 is 1.50 bits per heavy atom. The summed E-state index contributed by atoms with van der Waals surface area (Å²) in [5.74, 6) is 1.92. The normalized spacial score (nSPS) is 18.7. The molecule has 1 aliphatic rings. The van der Waals surface area contributed by atoms with Gasteiger partial charge in [-0.15, -0.1) is 0 Å². The van der Waals surface area contributed by atoms with Gasteiger partial charge in [-0.3, -0.25) is 4.79 Å². The van der Waals surface area contributed by atoms with E-state index in [0.29, 0.717) is 0 Å². The molecule has 0 bridgehead atoms. The van der Waals surface area contributed by atoms with E-state index >= 15 is 0 Å². The van der Waals surface area contributed by atoms with E-state index in [1.54, 1.807) is 12.5 Å². The Morgan fingerprint density at radius 3 is 3.20 bits per heavy atom. The van der Waals surface area contributed by atoms with Crippen LogP contribution in [-0.4, -0.2) is 39.6 Å². The van der Waals surface area contributed by atoms with Crippen molar-refractivity contribution in [3.8, 4) is 5.69 Å². The molecule has 5 nitrogen and oxygen atoms in total. The first-order valence-electron chi connectivity index (χ1n) is 6.53. The average Bonchev–Trinajstić information content (AvgIpc) is 3.03. The second-order valence-corrected chi connectivity index (χ2v) is 5.74. The van der Waals surface area contributed by atoms with E-state index in [1.165, 1.54) is 0 Å². The van der Waals surface area contributed by atoms with E-state index in [1.807, 2.05) is 46.8 Å². The number of aromatic nitrogens is 2. The van der Waals surface area contributed by atoms with Crippen LogP contribution in [0.4, 0.5) is 5.69 Å². The highest BCUT2D eigenvalue weighted by molar-refractivity contribution is 7.99. The first-order chi connectivity index (χ1) is 9.83. The lowest BCUT2D eigenvalue weighted by molar-refractivity contribution is -0.117. The maximum atomic E-state index is 12.2. The molecule has 0 radical (unpaired) electrons. The third-order valence-corrected chi connectivity index (χ3v) is 4.22. The van der Waals surface area contributed by atoms with Crippen molar-refractivity contribution in [3.05, 3.63) is 43.0 Å². The maximum Gasteiger partial charge on any atom is 0.242 e. The molecule has 1 fully saturated rings. The first-order valence-corrected chi connectivity index (χ1v) is 7.69. The van der Waals surface area contributed by atoms with Gasteiger partial charge in [0.15, 0.2) is 0 Å². The van der Waals surface area contributed by atoms with E-state index < -0.39 is 0 Å². The Kier molecular flexibility index (Phi) is 4.03. The molecule has 1 amide bonds. The minimum absolute atomic E-state index is 0.0278. The molecule has 1 unspecified atom stereocenters. The van der Waals surface area contributed by atoms with Crippen molar-refractivity contribution in [3.63, 3.8) is 0 Å². The van der Waals surface area contributed by atoms with Crippen LogP contribution in [0.25, 0.3) is 5.69 Å². The van der Waals surface area contributed by atoms with Crippen molar-refractivity contribution < 1.29 is 4.79 Å². The number of anilines is 1. The minimum atomic E-state index is -0.106. The topological polar surface area (TPSA) is 59.0 Å². The van der Waals surface area contributed by atoms with E-state index in [4.69, 9.17) is 0 Å². The largest absolute Gasteiger partial charge is 0.325 e. The van der Waals surface area contributed by atoms with Crippen molar-refractivity contribution >= 4 is 23.4 Å². The fraction of sp³-hybridized carbons (Fsp3) is 0.286. The monoisotopic (exact) mass is 288 g/mol. The highest BCUT2D eigenvalue weighted by Crippen LogP contribution is 2.16. The lowest BCUT2D eigenvalue weighted by Gasteiger charge is -2.22. The summed E-state index contributed by atoms with van der Waals surface area (Å²) >= 11 is 1.81. The molecule has 20 heavy (non-hydrogen) atoms. The van der Waals surface area contributed by atoms with Gasteiger partial charge in [-0.05, 0) is 18.2 Å². The van der Waals surface area contributed by atoms with Crippen LogP contribution in [0.3, 0.4) is 0 Å². The molecular weight excluding hydrogens is 272 g/mol. The van der Waals surface area contributed by atoms with Gasteiger partial charge in [-0.2, -0.15) is 11.8 Å². The van der Waals surface area contributed by atoms with Gasteiger partial charge in [-0.1, -0.05) is 6.07 Å². The molecular formula is C14H16N4OS. The Balaban J connectivity index is 1.71. The van der Waals surface area contributed by atoms with Crippen LogP contribution in [0.2, 0.25) is 0 Å². The Hall–Kier alpha value is -1.79. The Labute approximate surface area is 121 Å². The first kappa shape index (κ1) is 13.2. The van der Waals surface area contributed by atoms with Crippen LogP contribution in [0, 0.1) is 0 Å². The van der Waals surface area contributed by atoms with Crippen LogP contribution in [-0.2, 0) is 4.79 Å². The molecule has 1 aliphatic heterocycles. The summed E-state index contributed by atoms with van der Waals surface area (Å²) in [7, 11) is 0. The highest BCUT2D eigenvalue weighted by atomic mass is 32.2. The van der Waals surface area contributed by atoms with Gasteiger partial charge in [0.1, 0.15) is 0 Å². The predicted molar refractivity (Wildman–Crippen MR) is 81.3 cm³/mol. The van der Waals surface area contributed by atoms with Crippen LogP contribution in [0.15, 0.2) is 43.0 Å². The summed E-state index contributed by atoms with van der Waals surface area (Å²) in [5.41, 5.74) is 1.78. The predicted octanol–water partition coefficient (Wildman–Crippen LogP) is 1.52. The molecule has 6 heteroatoms. The lowest BCUT2D eigenvalue weighted by Crippen LogP contribution is -2.46. The molecule has 2 N–H and O–H groups in total. The molecule has 1 aromatic carbocycles. The van der Waals surface area contributed by atoms with Crippen LogP contribution >= 0.6 is 11.8 Å². The Morgan fingerprint density at radius 2 is 2.45 bits per heavy atom. The zero-order chi connectivity index (χ0) is 13.8. The van der Waals surface area contributed by atoms with Crippen LogP contribution in [0.1, 0.15) is 0 Å². The van der Waals surface area contributed by atoms with E-state index in [0.717, 1.165) is 29.4 Å². The van der Waals surface area contributed by atoms with Gasteiger partial charge >= 0.3 is 0 Å². The lowest BCUT2D eigenvalue weighted by atomic mass is 10.2. The quantitative estimate of drug-likeness (QED) is 0.899. The number of nitrogens with one attached hydrogen (secondary N) is 2. The van der Waals surface area contributed by atoms with Crippen molar-refractivity contribution in [2.75, 3.05) is 23.4 Å². The number of imidazole rings is 1. The van der Waals surface area contributed by atoms with Crippen molar-refractivity contribution in [1.29, 1.82) is 0 Å². The summed E-state index contributed by atoms with van der Waals surface area (Å²) in [4.78, 5) is 16.2. The fourth-order valence-electron chi connectivity index (χ4n) is 2.12. The standard InChI is InChI=1S/C14H16N4OS/c19-14(13-9-20-7-5-16-13)17-11-2-1-3-12(8-11)18-6-4-15-10-18/h1-4,6,8,10,13,16H,5,7,9H2,(H,17,19).